The van der Waals surface area contributed by atoms with Crippen molar-refractivity contribution in [3.8, 4) is 0 Å². The average molecular weight is 300 g/mol. The van der Waals surface area contributed by atoms with Crippen LogP contribution in [0.3, 0.4) is 0 Å². The average Bonchev–Trinajstić information content (AvgIpc) is 2.55. The number of carbonyl (C=O) groups is 1. The van der Waals surface area contributed by atoms with E-state index in [1.54, 1.807) is 0 Å². The molecule has 0 aromatic heterocycles. The lowest BCUT2D eigenvalue weighted by molar-refractivity contribution is -0.113. The Morgan fingerprint density at radius 3 is 2.86 bits per heavy atom. The molecule has 120 valence electrons. The molecule has 1 aliphatic carbocycles. The van der Waals surface area contributed by atoms with Crippen LogP contribution in [-0.2, 0) is 4.79 Å². The fraction of sp³-hybridized carbons (Fsp3) is 0.526. The third-order valence-electron chi connectivity index (χ3n) is 4.47. The zero-order valence-electron chi connectivity index (χ0n) is 13.8. The first kappa shape index (κ1) is 16.6. The number of amides is 1. The van der Waals surface area contributed by atoms with Crippen molar-refractivity contribution in [3.05, 3.63) is 35.4 Å². The summed E-state index contributed by atoms with van der Waals surface area (Å²) in [6.07, 6.45) is 9.82. The summed E-state index contributed by atoms with van der Waals surface area (Å²) in [7, 11) is 0. The van der Waals surface area contributed by atoms with Crippen molar-refractivity contribution in [1.29, 1.82) is 0 Å². The van der Waals surface area contributed by atoms with Crippen molar-refractivity contribution in [2.24, 2.45) is 0 Å². The van der Waals surface area contributed by atoms with Gasteiger partial charge in [0.25, 0.3) is 5.91 Å². The van der Waals surface area contributed by atoms with Crippen LogP contribution in [0, 0.1) is 0 Å². The topological polar surface area (TPSA) is 55.1 Å². The summed E-state index contributed by atoms with van der Waals surface area (Å²) in [4.78, 5) is 12.3. The maximum atomic E-state index is 12.3. The Balaban J connectivity index is 2.09. The maximum absolute atomic E-state index is 12.3. The minimum Gasteiger partial charge on any atom is -0.397 e. The van der Waals surface area contributed by atoms with Crippen molar-refractivity contribution < 1.29 is 4.79 Å². The molecular formula is C19H28N2O. The SMILES string of the molecule is CCCCC(C)c1ccc(N)c(NC(=O)C2=CCCCC2)c1. The number of nitrogens with two attached hydrogens (primary N) is 1. The standard InChI is InChI=1S/C19H28N2O/c1-3-4-8-14(2)16-11-12-17(20)18(13-16)21-19(22)15-9-6-5-7-10-15/h9,11-14H,3-8,10,20H2,1-2H3,(H,21,22). The van der Waals surface area contributed by atoms with Gasteiger partial charge in [0.1, 0.15) is 0 Å². The zero-order chi connectivity index (χ0) is 15.9. The molecule has 0 aliphatic heterocycles. The van der Waals surface area contributed by atoms with Crippen LogP contribution in [0.4, 0.5) is 11.4 Å². The molecule has 0 fully saturated rings. The monoisotopic (exact) mass is 300 g/mol. The molecule has 1 atom stereocenters. The van der Waals surface area contributed by atoms with Crippen molar-refractivity contribution in [2.75, 3.05) is 11.1 Å². The maximum Gasteiger partial charge on any atom is 0.251 e. The van der Waals surface area contributed by atoms with Gasteiger partial charge < -0.3 is 11.1 Å². The van der Waals surface area contributed by atoms with Gasteiger partial charge in [-0.25, -0.2) is 0 Å². The van der Waals surface area contributed by atoms with E-state index < -0.39 is 0 Å². The lowest BCUT2D eigenvalue weighted by Gasteiger charge is -2.17. The molecule has 22 heavy (non-hydrogen) atoms. The molecule has 3 N–H and O–H groups in total. The highest BCUT2D eigenvalue weighted by Gasteiger charge is 2.14. The highest BCUT2D eigenvalue weighted by Crippen LogP contribution is 2.28. The van der Waals surface area contributed by atoms with E-state index >= 15 is 0 Å². The van der Waals surface area contributed by atoms with Crippen molar-refractivity contribution in [2.45, 2.75) is 64.7 Å². The number of allylic oxidation sites excluding steroid dienone is 1. The molecule has 1 aliphatic rings. The number of rotatable bonds is 6. The van der Waals surface area contributed by atoms with Gasteiger partial charge in [0.05, 0.1) is 11.4 Å². The van der Waals surface area contributed by atoms with Gasteiger partial charge in [-0.2, -0.15) is 0 Å². The van der Waals surface area contributed by atoms with E-state index in [0.717, 1.165) is 30.5 Å². The second kappa shape index (κ2) is 8.02. The Labute approximate surface area is 134 Å². The predicted octanol–water partition coefficient (Wildman–Crippen LogP) is 5.00. The fourth-order valence-corrected chi connectivity index (χ4v) is 2.91. The quantitative estimate of drug-likeness (QED) is 0.726. The number of nitrogens with one attached hydrogen (secondary N) is 1. The largest absolute Gasteiger partial charge is 0.397 e. The molecule has 0 bridgehead atoms. The first-order chi connectivity index (χ1) is 10.6. The van der Waals surface area contributed by atoms with Crippen LogP contribution in [-0.4, -0.2) is 5.91 Å². The van der Waals surface area contributed by atoms with Gasteiger partial charge in [0.15, 0.2) is 0 Å². The molecule has 3 heteroatoms. The summed E-state index contributed by atoms with van der Waals surface area (Å²) < 4.78 is 0. The van der Waals surface area contributed by atoms with Gasteiger partial charge in [0, 0.05) is 5.57 Å². The van der Waals surface area contributed by atoms with Crippen LogP contribution in [0.5, 0.6) is 0 Å². The van der Waals surface area contributed by atoms with Crippen LogP contribution in [0.1, 0.15) is 70.3 Å². The number of hydrogen-bond donors (Lipinski definition) is 2. The second-order valence-corrected chi connectivity index (χ2v) is 6.32. The molecule has 0 saturated carbocycles. The summed E-state index contributed by atoms with van der Waals surface area (Å²) in [5.41, 5.74) is 9.56. The van der Waals surface area contributed by atoms with Crippen molar-refractivity contribution >= 4 is 17.3 Å². The minimum atomic E-state index is 0.00441. The molecule has 0 heterocycles. The van der Waals surface area contributed by atoms with Crippen molar-refractivity contribution in [3.63, 3.8) is 0 Å². The zero-order valence-corrected chi connectivity index (χ0v) is 13.8. The van der Waals surface area contributed by atoms with Gasteiger partial charge in [-0.1, -0.05) is 38.8 Å². The summed E-state index contributed by atoms with van der Waals surface area (Å²) in [5.74, 6) is 0.495. The van der Waals surface area contributed by atoms with Gasteiger partial charge in [-0.15, -0.1) is 0 Å². The molecule has 1 aromatic rings. The molecule has 0 radical (unpaired) electrons. The molecule has 3 nitrogen and oxygen atoms in total. The van der Waals surface area contributed by atoms with Crippen LogP contribution < -0.4 is 11.1 Å². The summed E-state index contributed by atoms with van der Waals surface area (Å²) in [5, 5.41) is 3.00. The first-order valence-electron chi connectivity index (χ1n) is 8.51. The van der Waals surface area contributed by atoms with Gasteiger partial charge in [-0.3, -0.25) is 4.79 Å². The number of hydrogen-bond acceptors (Lipinski definition) is 2. The van der Waals surface area contributed by atoms with E-state index in [1.165, 1.54) is 31.2 Å². The third-order valence-corrected chi connectivity index (χ3v) is 4.47. The minimum absolute atomic E-state index is 0.00441. The third kappa shape index (κ3) is 4.36. The van der Waals surface area contributed by atoms with E-state index in [1.807, 2.05) is 12.1 Å². The van der Waals surface area contributed by atoms with E-state index in [4.69, 9.17) is 5.73 Å². The fourth-order valence-electron chi connectivity index (χ4n) is 2.91. The number of benzene rings is 1. The summed E-state index contributed by atoms with van der Waals surface area (Å²) in [6, 6.07) is 6.02. The smallest absolute Gasteiger partial charge is 0.251 e. The Morgan fingerprint density at radius 1 is 1.36 bits per heavy atom. The van der Waals surface area contributed by atoms with Crippen molar-refractivity contribution in [1.82, 2.24) is 0 Å². The lowest BCUT2D eigenvalue weighted by atomic mass is 9.94. The number of nitrogen functional groups attached to an aromatic ring is 1. The first-order valence-corrected chi connectivity index (χ1v) is 8.51. The second-order valence-electron chi connectivity index (χ2n) is 6.32. The molecule has 0 spiro atoms. The molecule has 2 rings (SSSR count). The molecule has 1 unspecified atom stereocenters. The molecular weight excluding hydrogens is 272 g/mol. The molecule has 0 saturated heterocycles. The van der Waals surface area contributed by atoms with Gasteiger partial charge in [0.2, 0.25) is 0 Å². The van der Waals surface area contributed by atoms with Gasteiger partial charge in [-0.05, 0) is 55.7 Å². The predicted molar refractivity (Wildman–Crippen MR) is 94.0 cm³/mol. The summed E-state index contributed by atoms with van der Waals surface area (Å²) in [6.45, 7) is 4.44. The van der Waals surface area contributed by atoms with Crippen LogP contribution in [0.25, 0.3) is 0 Å². The molecule has 1 amide bonds. The van der Waals surface area contributed by atoms with E-state index in [-0.39, 0.29) is 5.91 Å². The molecule has 1 aromatic carbocycles. The highest BCUT2D eigenvalue weighted by molar-refractivity contribution is 6.05. The normalized spacial score (nSPS) is 16.0. The Morgan fingerprint density at radius 2 is 2.18 bits per heavy atom. The Bertz CT molecular complexity index is 548. The van der Waals surface area contributed by atoms with Crippen LogP contribution >= 0.6 is 0 Å². The van der Waals surface area contributed by atoms with E-state index in [2.05, 4.69) is 31.3 Å². The lowest BCUT2D eigenvalue weighted by Crippen LogP contribution is -2.17. The van der Waals surface area contributed by atoms with Gasteiger partial charge >= 0.3 is 0 Å². The number of anilines is 2. The van der Waals surface area contributed by atoms with Crippen LogP contribution in [0.15, 0.2) is 29.8 Å². The Hall–Kier alpha value is -1.77. The number of carbonyl (C=O) groups excluding carboxylic acids is 1. The van der Waals surface area contributed by atoms with Crippen LogP contribution in [0.2, 0.25) is 0 Å². The van der Waals surface area contributed by atoms with E-state index in [0.29, 0.717) is 11.6 Å². The number of unbranched alkanes of at least 4 members (excludes halogenated alkanes) is 1. The highest BCUT2D eigenvalue weighted by atomic mass is 16.1. The Kier molecular flexibility index (Phi) is 6.05. The summed E-state index contributed by atoms with van der Waals surface area (Å²) >= 11 is 0. The van der Waals surface area contributed by atoms with E-state index in [9.17, 15) is 4.79 Å².